The highest BCUT2D eigenvalue weighted by Gasteiger charge is 2.14. The van der Waals surface area contributed by atoms with Gasteiger partial charge in [0, 0.05) is 6.08 Å². The lowest BCUT2D eigenvalue weighted by atomic mass is 9.93. The molecule has 0 amide bonds. The molecule has 1 aliphatic rings. The van der Waals surface area contributed by atoms with Gasteiger partial charge in [-0.15, -0.1) is 0 Å². The van der Waals surface area contributed by atoms with E-state index in [0.29, 0.717) is 0 Å². The van der Waals surface area contributed by atoms with Crippen LogP contribution in [0.3, 0.4) is 0 Å². The van der Waals surface area contributed by atoms with Gasteiger partial charge in [0.1, 0.15) is 0 Å². The summed E-state index contributed by atoms with van der Waals surface area (Å²) in [5.74, 6) is -0.924. The van der Waals surface area contributed by atoms with Crippen molar-refractivity contribution in [3.63, 3.8) is 0 Å². The van der Waals surface area contributed by atoms with Crippen LogP contribution in [0.15, 0.2) is 24.4 Å². The van der Waals surface area contributed by atoms with Crippen molar-refractivity contribution in [2.24, 2.45) is 0 Å². The molecule has 0 bridgehead atoms. The Morgan fingerprint density at radius 3 is 3.20 bits per heavy atom. The molecule has 4 heteroatoms. The molecule has 1 aromatic heterocycles. The van der Waals surface area contributed by atoms with Gasteiger partial charge >= 0.3 is 5.97 Å². The number of carboxylic acid groups (broad SMARTS) is 1. The second-order valence-corrected chi connectivity index (χ2v) is 3.51. The lowest BCUT2D eigenvalue weighted by Gasteiger charge is -2.12. The van der Waals surface area contributed by atoms with Crippen LogP contribution in [-0.4, -0.2) is 21.3 Å². The molecular weight excluding hydrogens is 192 g/mol. The molecular formula is C11H12N2O2. The van der Waals surface area contributed by atoms with Crippen LogP contribution < -0.4 is 0 Å². The van der Waals surface area contributed by atoms with Crippen LogP contribution in [0.25, 0.3) is 5.57 Å². The number of fused-ring (bicyclic) bond motifs is 1. The van der Waals surface area contributed by atoms with Gasteiger partial charge in [0.25, 0.3) is 0 Å². The molecule has 0 radical (unpaired) electrons. The maximum atomic E-state index is 10.3. The summed E-state index contributed by atoms with van der Waals surface area (Å²) in [6, 6.07) is 0. The second kappa shape index (κ2) is 4.13. The van der Waals surface area contributed by atoms with E-state index in [0.717, 1.165) is 36.6 Å². The fourth-order valence-corrected chi connectivity index (χ4v) is 1.79. The number of carbonyl (C=O) groups is 1. The van der Waals surface area contributed by atoms with Crippen LogP contribution in [0.2, 0.25) is 0 Å². The summed E-state index contributed by atoms with van der Waals surface area (Å²) in [6.45, 7) is 0. The molecule has 0 fully saturated rings. The second-order valence-electron chi connectivity index (χ2n) is 3.51. The van der Waals surface area contributed by atoms with E-state index in [9.17, 15) is 4.79 Å². The molecule has 0 aromatic carbocycles. The van der Waals surface area contributed by atoms with Crippen LogP contribution in [-0.2, 0) is 11.2 Å². The summed E-state index contributed by atoms with van der Waals surface area (Å²) >= 11 is 0. The van der Waals surface area contributed by atoms with E-state index < -0.39 is 5.97 Å². The monoisotopic (exact) mass is 204 g/mol. The number of hydrogen-bond acceptors (Lipinski definition) is 2. The minimum atomic E-state index is -0.924. The highest BCUT2D eigenvalue weighted by atomic mass is 16.4. The molecule has 0 atom stereocenters. The molecule has 0 saturated carbocycles. The van der Waals surface area contributed by atoms with E-state index in [1.165, 1.54) is 5.56 Å². The number of allylic oxidation sites excluding steroid dienone is 3. The Morgan fingerprint density at radius 1 is 1.53 bits per heavy atom. The average molecular weight is 204 g/mol. The highest BCUT2D eigenvalue weighted by molar-refractivity contribution is 5.81. The molecule has 1 heterocycles. The SMILES string of the molecule is O=C(O)C=CC=C1CCCc2cn[nH]c21. The van der Waals surface area contributed by atoms with E-state index in [4.69, 9.17) is 5.11 Å². The third kappa shape index (κ3) is 2.15. The molecule has 2 rings (SSSR count). The highest BCUT2D eigenvalue weighted by Crippen LogP contribution is 2.28. The first kappa shape index (κ1) is 9.71. The van der Waals surface area contributed by atoms with Crippen LogP contribution in [0.5, 0.6) is 0 Å². The number of nitrogens with zero attached hydrogens (tertiary/aromatic N) is 1. The Bertz CT molecular complexity index is 430. The number of aromatic nitrogens is 2. The van der Waals surface area contributed by atoms with Crippen molar-refractivity contribution in [1.29, 1.82) is 0 Å². The van der Waals surface area contributed by atoms with Crippen molar-refractivity contribution in [2.75, 3.05) is 0 Å². The standard InChI is InChI=1S/C11H12N2O2/c14-10(15)6-2-4-8-3-1-5-9-7-12-13-11(8)9/h2,4,6-7H,1,3,5H2,(H,12,13)(H,14,15). The average Bonchev–Trinajstić information content (AvgIpc) is 2.65. The van der Waals surface area contributed by atoms with Gasteiger partial charge in [-0.05, 0) is 30.4 Å². The summed E-state index contributed by atoms with van der Waals surface area (Å²) in [7, 11) is 0. The van der Waals surface area contributed by atoms with Gasteiger partial charge in [-0.1, -0.05) is 12.2 Å². The van der Waals surface area contributed by atoms with Crippen molar-refractivity contribution >= 4 is 11.5 Å². The molecule has 0 aliphatic heterocycles. The number of aromatic amines is 1. The molecule has 0 spiro atoms. The minimum Gasteiger partial charge on any atom is -0.478 e. The Morgan fingerprint density at radius 2 is 2.40 bits per heavy atom. The summed E-state index contributed by atoms with van der Waals surface area (Å²) in [5, 5.41) is 15.4. The molecule has 0 saturated heterocycles. The van der Waals surface area contributed by atoms with E-state index in [1.807, 2.05) is 12.3 Å². The number of rotatable bonds is 2. The Hall–Kier alpha value is -1.84. The number of carboxylic acids is 1. The number of H-pyrrole nitrogens is 1. The third-order valence-corrected chi connectivity index (χ3v) is 2.47. The Labute approximate surface area is 87.3 Å². The lowest BCUT2D eigenvalue weighted by Crippen LogP contribution is -1.99. The topological polar surface area (TPSA) is 66.0 Å². The zero-order valence-corrected chi connectivity index (χ0v) is 8.23. The largest absolute Gasteiger partial charge is 0.478 e. The first-order valence-corrected chi connectivity index (χ1v) is 4.90. The molecule has 15 heavy (non-hydrogen) atoms. The van der Waals surface area contributed by atoms with Gasteiger partial charge in [-0.2, -0.15) is 5.10 Å². The zero-order valence-electron chi connectivity index (χ0n) is 8.23. The maximum Gasteiger partial charge on any atom is 0.328 e. The predicted molar refractivity (Wildman–Crippen MR) is 56.3 cm³/mol. The molecule has 78 valence electrons. The number of nitrogens with one attached hydrogen (secondary N) is 1. The van der Waals surface area contributed by atoms with Crippen LogP contribution in [0.4, 0.5) is 0 Å². The Balaban J connectivity index is 2.22. The predicted octanol–water partition coefficient (Wildman–Crippen LogP) is 1.77. The quantitative estimate of drug-likeness (QED) is 0.721. The molecule has 1 aromatic rings. The Kier molecular flexibility index (Phi) is 2.67. The summed E-state index contributed by atoms with van der Waals surface area (Å²) in [6.07, 6.45) is 9.49. The molecule has 2 N–H and O–H groups in total. The first-order valence-electron chi connectivity index (χ1n) is 4.90. The fraction of sp³-hybridized carbons (Fsp3) is 0.273. The van der Waals surface area contributed by atoms with Gasteiger partial charge in [0.2, 0.25) is 0 Å². The van der Waals surface area contributed by atoms with Crippen molar-refractivity contribution < 1.29 is 9.90 Å². The van der Waals surface area contributed by atoms with Crippen LogP contribution >= 0.6 is 0 Å². The fourth-order valence-electron chi connectivity index (χ4n) is 1.79. The maximum absolute atomic E-state index is 10.3. The van der Waals surface area contributed by atoms with Gasteiger partial charge in [0.15, 0.2) is 0 Å². The van der Waals surface area contributed by atoms with Gasteiger partial charge < -0.3 is 5.11 Å². The van der Waals surface area contributed by atoms with Gasteiger partial charge in [0.05, 0.1) is 11.9 Å². The number of hydrogen-bond donors (Lipinski definition) is 2. The number of aryl methyl sites for hydroxylation is 1. The minimum absolute atomic E-state index is 0.924. The van der Waals surface area contributed by atoms with E-state index in [-0.39, 0.29) is 0 Å². The summed E-state index contributed by atoms with van der Waals surface area (Å²) in [5.41, 5.74) is 3.40. The number of aliphatic carboxylic acids is 1. The van der Waals surface area contributed by atoms with Crippen molar-refractivity contribution in [2.45, 2.75) is 19.3 Å². The van der Waals surface area contributed by atoms with Gasteiger partial charge in [-0.25, -0.2) is 4.79 Å². The van der Waals surface area contributed by atoms with E-state index in [1.54, 1.807) is 6.08 Å². The molecule has 0 unspecified atom stereocenters. The normalized spacial score (nSPS) is 18.3. The van der Waals surface area contributed by atoms with Gasteiger partial charge in [-0.3, -0.25) is 5.10 Å². The van der Waals surface area contributed by atoms with Crippen molar-refractivity contribution in [3.8, 4) is 0 Å². The van der Waals surface area contributed by atoms with Crippen molar-refractivity contribution in [3.05, 3.63) is 35.7 Å². The van der Waals surface area contributed by atoms with Crippen LogP contribution in [0, 0.1) is 0 Å². The van der Waals surface area contributed by atoms with E-state index >= 15 is 0 Å². The lowest BCUT2D eigenvalue weighted by molar-refractivity contribution is -0.131. The molecule has 4 nitrogen and oxygen atoms in total. The zero-order chi connectivity index (χ0) is 10.7. The van der Waals surface area contributed by atoms with Crippen LogP contribution in [0.1, 0.15) is 24.1 Å². The first-order chi connectivity index (χ1) is 7.27. The molecule has 1 aliphatic carbocycles. The van der Waals surface area contributed by atoms with Crippen molar-refractivity contribution in [1.82, 2.24) is 10.2 Å². The summed E-state index contributed by atoms with van der Waals surface area (Å²) in [4.78, 5) is 10.3. The van der Waals surface area contributed by atoms with E-state index in [2.05, 4.69) is 10.2 Å². The smallest absolute Gasteiger partial charge is 0.328 e. The summed E-state index contributed by atoms with van der Waals surface area (Å²) < 4.78 is 0. The third-order valence-electron chi connectivity index (χ3n) is 2.47.